The van der Waals surface area contributed by atoms with Gasteiger partial charge in [-0.3, -0.25) is 34.1 Å². The molecule has 0 saturated carbocycles. The molecule has 3 amide bonds. The summed E-state index contributed by atoms with van der Waals surface area (Å²) < 4.78 is 181. The van der Waals surface area contributed by atoms with Gasteiger partial charge in [0, 0.05) is 55.2 Å². The van der Waals surface area contributed by atoms with Crippen LogP contribution in [0.2, 0.25) is 5.02 Å². The van der Waals surface area contributed by atoms with Crippen molar-refractivity contribution in [1.82, 2.24) is 35.6 Å². The van der Waals surface area contributed by atoms with E-state index in [9.17, 15) is 67.1 Å². The number of hydrogen-bond acceptors (Lipinski definition) is 11. The summed E-state index contributed by atoms with van der Waals surface area (Å²) in [6.45, 7) is 16.0. The van der Waals surface area contributed by atoms with Crippen LogP contribution in [0.5, 0.6) is 5.75 Å². The second kappa shape index (κ2) is 36.4. The van der Waals surface area contributed by atoms with Crippen molar-refractivity contribution in [2.24, 2.45) is 11.8 Å². The molecule has 0 unspecified atom stereocenters. The van der Waals surface area contributed by atoms with E-state index in [0.717, 1.165) is 134 Å². The van der Waals surface area contributed by atoms with Gasteiger partial charge in [-0.2, -0.15) is 39.5 Å². The van der Waals surface area contributed by atoms with Crippen molar-refractivity contribution in [3.8, 4) is 5.75 Å². The number of methoxy groups -OCH3 is 1. The molecule has 7 heterocycles. The first-order valence-corrected chi connectivity index (χ1v) is 37.9. The molecular weight excluding hydrogens is 1460 g/mol. The quantitative estimate of drug-likeness (QED) is 0.0707. The Balaban J connectivity index is 0.000000174. The van der Waals surface area contributed by atoms with Gasteiger partial charge in [-0.15, -0.1) is 0 Å². The Morgan fingerprint density at radius 3 is 1.17 bits per heavy atom. The third-order valence-electron chi connectivity index (χ3n) is 22.9. The summed E-state index contributed by atoms with van der Waals surface area (Å²) in [5.41, 5.74) is -1.22. The zero-order valence-corrected chi connectivity index (χ0v) is 63.0. The van der Waals surface area contributed by atoms with E-state index in [2.05, 4.69) is 35.6 Å². The summed E-state index contributed by atoms with van der Waals surface area (Å²) in [4.78, 5) is 50.2. The number of alkyl halides is 9. The number of rotatable bonds is 18. The monoisotopic (exact) mass is 1560 g/mol. The number of aromatic nitrogens is 1. The molecule has 6 aromatic rings. The molecule has 109 heavy (non-hydrogen) atoms. The molecule has 6 atom stereocenters. The number of carbonyl (C=O) groups is 3. The molecular formula is C82H98ClF12N7O7. The van der Waals surface area contributed by atoms with Crippen LogP contribution in [0.1, 0.15) is 179 Å². The van der Waals surface area contributed by atoms with Gasteiger partial charge < -0.3 is 34.9 Å². The molecule has 6 fully saturated rings. The van der Waals surface area contributed by atoms with Crippen LogP contribution >= 0.6 is 11.6 Å². The Morgan fingerprint density at radius 2 is 0.817 bits per heavy atom. The second-order valence-electron chi connectivity index (χ2n) is 30.5. The van der Waals surface area contributed by atoms with Crippen LogP contribution in [0.3, 0.4) is 0 Å². The summed E-state index contributed by atoms with van der Waals surface area (Å²) >= 11 is 5.88. The maximum atomic E-state index is 13.3. The van der Waals surface area contributed by atoms with Crippen molar-refractivity contribution in [1.29, 1.82) is 0 Å². The zero-order chi connectivity index (χ0) is 78.6. The molecule has 6 aliphatic rings. The number of hydrogen-bond donors (Lipinski definition) is 3. The van der Waals surface area contributed by atoms with Crippen molar-refractivity contribution in [2.75, 3.05) is 66.2 Å². The molecule has 594 valence electrons. The van der Waals surface area contributed by atoms with E-state index in [-0.39, 0.29) is 107 Å². The second-order valence-corrected chi connectivity index (χ2v) is 30.9. The smallest absolute Gasteiger partial charge is 0.417 e. The summed E-state index contributed by atoms with van der Waals surface area (Å²) in [7, 11) is 1.31. The predicted octanol–water partition coefficient (Wildman–Crippen LogP) is 17.2. The Labute approximate surface area is 634 Å². The molecule has 0 aliphatic carbocycles. The fraction of sp³-hybridized carbons (Fsp3) is 0.537. The number of carbonyl (C=O) groups excluding carboxylic acids is 3. The van der Waals surface area contributed by atoms with Gasteiger partial charge in [0.2, 0.25) is 0 Å². The van der Waals surface area contributed by atoms with Crippen molar-refractivity contribution in [2.45, 2.75) is 203 Å². The lowest BCUT2D eigenvalue weighted by Crippen LogP contribution is -2.58. The predicted molar refractivity (Wildman–Crippen MR) is 390 cm³/mol. The van der Waals surface area contributed by atoms with E-state index in [4.69, 9.17) is 30.5 Å². The van der Waals surface area contributed by atoms with Crippen LogP contribution < -0.4 is 20.7 Å². The van der Waals surface area contributed by atoms with Gasteiger partial charge in [0.15, 0.2) is 0 Å². The molecule has 3 N–H and O–H groups in total. The standard InChI is InChI=1S/C29H36F4N2O3.C28H33ClF4N2O2.C25H29F4N3O2/c1-19(2)28(27(36)34-17-20-14-23(29(31,32)33)16-26(15-20)37-3)11-8-25(18-38-28)35-12-9-22(10-13-35)21-4-6-24(30)7-5-21;1-18(2)27(26(36)34-16-19-13-22(28(31,32)33)15-23(29)14-19)10-7-25(17-37-27)35-11-8-21(9-12-35)20-3-5-24(30)6-4-20;1-24(23(33)31-14-17-12-20(15-30-13-17)25(27,28)29)9-6-22(16-34-24)32-10-7-19(8-11-32)18-2-4-21(26)5-3-18/h4-7,14-16,19,22,25H,8-13,17-18H2,1-3H3,(H,34,36);3-6,13-15,18,21,25H,7-12,16-17H2,1-2H3,(H,34,36);2-5,12-13,15,19,22H,6-11,14,16H2,1H3,(H,31,33)/t25-,28+;25-,27+;22-,24-/m111/s1. The maximum absolute atomic E-state index is 13.3. The van der Waals surface area contributed by atoms with Crippen LogP contribution in [0, 0.1) is 29.3 Å². The van der Waals surface area contributed by atoms with E-state index >= 15 is 0 Å². The number of ether oxygens (including phenoxy) is 4. The highest BCUT2D eigenvalue weighted by Crippen LogP contribution is 2.42. The first kappa shape index (κ1) is 84.1. The summed E-state index contributed by atoms with van der Waals surface area (Å²) in [6, 6.07) is 28.6. The van der Waals surface area contributed by atoms with Crippen molar-refractivity contribution >= 4 is 29.3 Å². The number of likely N-dealkylation sites (tertiary alicyclic amines) is 3. The van der Waals surface area contributed by atoms with Gasteiger partial charge in [0.1, 0.15) is 40.0 Å². The van der Waals surface area contributed by atoms with Crippen molar-refractivity contribution < 1.29 is 86.0 Å². The summed E-state index contributed by atoms with van der Waals surface area (Å²) in [5, 5.41) is 8.27. The Hall–Kier alpha value is -7.33. The normalized spacial score (nSPS) is 24.0. The number of halogens is 13. The van der Waals surface area contributed by atoms with Gasteiger partial charge in [0.25, 0.3) is 17.7 Å². The Kier molecular flexibility index (Phi) is 28.1. The summed E-state index contributed by atoms with van der Waals surface area (Å²) in [6.07, 6.45) is -1.53. The van der Waals surface area contributed by atoms with Crippen LogP contribution in [0.4, 0.5) is 52.7 Å². The van der Waals surface area contributed by atoms with Crippen LogP contribution in [-0.2, 0) is 66.8 Å². The number of nitrogens with zero attached hydrogens (tertiary/aromatic N) is 4. The van der Waals surface area contributed by atoms with Crippen LogP contribution in [0.15, 0.2) is 128 Å². The lowest BCUT2D eigenvalue weighted by molar-refractivity contribution is -0.170. The highest BCUT2D eigenvalue weighted by Gasteiger charge is 2.49. The largest absolute Gasteiger partial charge is 0.497 e. The number of nitrogens with one attached hydrogen (secondary N) is 3. The highest BCUT2D eigenvalue weighted by molar-refractivity contribution is 6.30. The molecule has 6 aliphatic heterocycles. The summed E-state index contributed by atoms with van der Waals surface area (Å²) in [5.74, 6) is -0.525. The Morgan fingerprint density at radius 1 is 0.468 bits per heavy atom. The first-order valence-electron chi connectivity index (χ1n) is 37.5. The van der Waals surface area contributed by atoms with Crippen molar-refractivity contribution in [3.05, 3.63) is 200 Å². The third kappa shape index (κ3) is 21.9. The Bertz CT molecular complexity index is 3950. The van der Waals surface area contributed by atoms with Gasteiger partial charge in [-0.05, 0) is 265 Å². The van der Waals surface area contributed by atoms with Crippen molar-refractivity contribution in [3.63, 3.8) is 0 Å². The SMILES string of the molecule is CC(C)[C@]1(C(=O)NCc2cc(Cl)cc(C(F)(F)F)c2)CC[C@@H](N2CCC(c3ccc(F)cc3)CC2)CO1.COc1cc(CNC(=O)[C@@]2(C(C)C)CC[C@@H](N3CCC(c4ccc(F)cc4)CC3)CO2)cc(C(F)(F)F)c1.C[C@]1(C(=O)NCc2cncc(C(F)(F)F)c2)CC[C@@H](N2CCC(c3ccc(F)cc3)CC2)CO1. The molecule has 14 nitrogen and oxygen atoms in total. The van der Waals surface area contributed by atoms with E-state index in [1.165, 1.54) is 78.5 Å². The van der Waals surface area contributed by atoms with E-state index in [0.29, 0.717) is 62.4 Å². The molecule has 0 radical (unpaired) electrons. The molecule has 6 saturated heterocycles. The number of amides is 3. The van der Waals surface area contributed by atoms with Gasteiger partial charge >= 0.3 is 18.5 Å². The van der Waals surface area contributed by atoms with Crippen LogP contribution in [0.25, 0.3) is 0 Å². The highest BCUT2D eigenvalue weighted by atomic mass is 35.5. The molecule has 0 spiro atoms. The minimum atomic E-state index is -4.52. The lowest BCUT2D eigenvalue weighted by Gasteiger charge is -2.46. The molecule has 27 heteroatoms. The average molecular weight is 1560 g/mol. The third-order valence-corrected chi connectivity index (χ3v) is 23.1. The van der Waals surface area contributed by atoms with Gasteiger partial charge in [-0.25, -0.2) is 13.2 Å². The number of piperidine rings is 3. The van der Waals surface area contributed by atoms with Gasteiger partial charge in [0.05, 0.1) is 43.6 Å². The van der Waals surface area contributed by atoms with Gasteiger partial charge in [-0.1, -0.05) is 75.7 Å². The van der Waals surface area contributed by atoms with E-state index in [1.807, 2.05) is 64.1 Å². The molecule has 12 rings (SSSR count). The fourth-order valence-electron chi connectivity index (χ4n) is 16.0. The lowest BCUT2D eigenvalue weighted by atomic mass is 9.80. The zero-order valence-electron chi connectivity index (χ0n) is 62.3. The van der Waals surface area contributed by atoms with Crippen LogP contribution in [-0.4, -0.2) is 139 Å². The molecule has 0 bridgehead atoms. The molecule has 5 aromatic carbocycles. The van der Waals surface area contributed by atoms with E-state index in [1.54, 1.807) is 6.92 Å². The molecule has 1 aromatic heterocycles. The number of benzene rings is 5. The number of pyridine rings is 1. The first-order chi connectivity index (χ1) is 51.6. The minimum Gasteiger partial charge on any atom is -0.497 e. The fourth-order valence-corrected chi connectivity index (χ4v) is 16.3. The topological polar surface area (TPSA) is 147 Å². The average Bonchev–Trinajstić information content (AvgIpc) is 0.786. The minimum absolute atomic E-state index is 0.0300. The maximum Gasteiger partial charge on any atom is 0.417 e. The van der Waals surface area contributed by atoms with E-state index < -0.39 is 52.0 Å².